The Labute approximate surface area is 286 Å². The van der Waals surface area contributed by atoms with Gasteiger partial charge in [0.2, 0.25) is 11.8 Å². The maximum absolute atomic E-state index is 14.1. The number of benzene rings is 4. The maximum atomic E-state index is 14.1. The Hall–Kier alpha value is -5.48. The summed E-state index contributed by atoms with van der Waals surface area (Å²) in [6.45, 7) is 3.66. The highest BCUT2D eigenvalue weighted by atomic mass is 16.5. The molecule has 0 heterocycles. The summed E-state index contributed by atoms with van der Waals surface area (Å²) in [4.78, 5) is 53.8. The van der Waals surface area contributed by atoms with Crippen LogP contribution in [-0.2, 0) is 43.5 Å². The molecule has 4 N–H and O–H groups in total. The van der Waals surface area contributed by atoms with Gasteiger partial charge in [-0.25, -0.2) is 4.79 Å². The van der Waals surface area contributed by atoms with E-state index in [-0.39, 0.29) is 25.7 Å². The Balaban J connectivity index is 1.60. The molecule has 0 saturated heterocycles. The molecule has 10 nitrogen and oxygen atoms in total. The Bertz CT molecular complexity index is 1620. The van der Waals surface area contributed by atoms with Crippen molar-refractivity contribution in [3.8, 4) is 0 Å². The van der Waals surface area contributed by atoms with Gasteiger partial charge in [0, 0.05) is 0 Å². The van der Waals surface area contributed by atoms with E-state index in [9.17, 15) is 24.3 Å². The molecule has 3 amide bonds. The first-order valence-corrected chi connectivity index (χ1v) is 16.3. The molecule has 0 radical (unpaired) electrons. The SMILES string of the molecule is CCC(NC(=O)[C@H](NC(=O)[C@@H](NC(=O)OCc1ccccc1)C(Cc1ccccc1)C(=O)O)[C@H](C)OCc1ccccc1)c1ccccc1. The van der Waals surface area contributed by atoms with Crippen molar-refractivity contribution in [2.75, 3.05) is 0 Å². The fraction of sp³-hybridized carbons (Fsp3) is 0.282. The Morgan fingerprint density at radius 1 is 0.633 bits per heavy atom. The van der Waals surface area contributed by atoms with Crippen LogP contribution in [0, 0.1) is 5.92 Å². The smallest absolute Gasteiger partial charge is 0.408 e. The van der Waals surface area contributed by atoms with E-state index >= 15 is 0 Å². The monoisotopic (exact) mass is 665 g/mol. The molecule has 0 aliphatic heterocycles. The lowest BCUT2D eigenvalue weighted by molar-refractivity contribution is -0.146. The number of carboxylic acid groups (broad SMARTS) is 1. The van der Waals surface area contributed by atoms with Crippen LogP contribution in [0.15, 0.2) is 121 Å². The van der Waals surface area contributed by atoms with Gasteiger partial charge in [0.25, 0.3) is 0 Å². The van der Waals surface area contributed by atoms with Gasteiger partial charge in [-0.3, -0.25) is 14.4 Å². The predicted octanol–water partition coefficient (Wildman–Crippen LogP) is 5.58. The van der Waals surface area contributed by atoms with E-state index in [2.05, 4.69) is 16.0 Å². The number of hydrogen-bond donors (Lipinski definition) is 4. The molecule has 256 valence electrons. The van der Waals surface area contributed by atoms with Crippen molar-refractivity contribution in [3.63, 3.8) is 0 Å². The summed E-state index contributed by atoms with van der Waals surface area (Å²) in [5.74, 6) is -4.10. The Morgan fingerprint density at radius 3 is 1.65 bits per heavy atom. The van der Waals surface area contributed by atoms with Crippen molar-refractivity contribution in [2.45, 2.75) is 64.1 Å². The molecule has 4 rings (SSSR count). The van der Waals surface area contributed by atoms with Crippen molar-refractivity contribution >= 4 is 23.9 Å². The molecule has 0 aliphatic carbocycles. The molecule has 10 heteroatoms. The van der Waals surface area contributed by atoms with Crippen LogP contribution in [0.25, 0.3) is 0 Å². The topological polar surface area (TPSA) is 143 Å². The third-order valence-electron chi connectivity index (χ3n) is 8.12. The van der Waals surface area contributed by atoms with Gasteiger partial charge >= 0.3 is 12.1 Å². The van der Waals surface area contributed by atoms with Crippen LogP contribution in [0.2, 0.25) is 0 Å². The number of nitrogens with one attached hydrogen (secondary N) is 3. The van der Waals surface area contributed by atoms with E-state index in [1.807, 2.05) is 73.7 Å². The molecule has 0 fully saturated rings. The molecule has 0 bridgehead atoms. The summed E-state index contributed by atoms with van der Waals surface area (Å²) >= 11 is 0. The second kappa shape index (κ2) is 18.8. The van der Waals surface area contributed by atoms with Crippen LogP contribution in [0.4, 0.5) is 4.79 Å². The molecular formula is C39H43N3O7. The minimum absolute atomic E-state index is 0.0733. The van der Waals surface area contributed by atoms with Crippen molar-refractivity contribution in [2.24, 2.45) is 5.92 Å². The van der Waals surface area contributed by atoms with Crippen molar-refractivity contribution in [1.82, 2.24) is 16.0 Å². The molecule has 2 unspecified atom stereocenters. The first-order valence-electron chi connectivity index (χ1n) is 16.3. The quantitative estimate of drug-likeness (QED) is 0.115. The van der Waals surface area contributed by atoms with E-state index in [1.54, 1.807) is 61.5 Å². The van der Waals surface area contributed by atoms with E-state index < -0.39 is 48.0 Å². The highest BCUT2D eigenvalue weighted by molar-refractivity contribution is 5.94. The Kier molecular flexibility index (Phi) is 13.9. The second-order valence-corrected chi connectivity index (χ2v) is 11.7. The minimum Gasteiger partial charge on any atom is -0.481 e. The molecule has 0 spiro atoms. The van der Waals surface area contributed by atoms with Crippen LogP contribution in [-0.4, -0.2) is 47.2 Å². The third kappa shape index (κ3) is 11.3. The first kappa shape index (κ1) is 36.4. The zero-order valence-corrected chi connectivity index (χ0v) is 27.7. The standard InChI is InChI=1S/C39H43N3O7/c1-3-33(31-22-14-7-15-23-31)40-36(43)34(27(2)48-25-29-18-10-5-11-19-29)41-37(44)35(32(38(45)46)24-28-16-8-4-9-17-28)42-39(47)49-26-30-20-12-6-13-21-30/h4-23,27,32-35H,3,24-26H2,1-2H3,(H,40,43)(H,41,44)(H,42,47)(H,45,46)/t27-,32?,33?,34+,35-/m0/s1. The van der Waals surface area contributed by atoms with E-state index in [0.717, 1.165) is 11.1 Å². The van der Waals surface area contributed by atoms with Gasteiger partial charge in [0.05, 0.1) is 24.7 Å². The minimum atomic E-state index is -1.60. The lowest BCUT2D eigenvalue weighted by Gasteiger charge is -2.30. The van der Waals surface area contributed by atoms with Crippen molar-refractivity contribution in [3.05, 3.63) is 144 Å². The molecular weight excluding hydrogens is 622 g/mol. The van der Waals surface area contributed by atoms with Crippen LogP contribution < -0.4 is 16.0 Å². The summed E-state index contributed by atoms with van der Waals surface area (Å²) in [5.41, 5.74) is 3.11. The molecule has 0 aliphatic rings. The Morgan fingerprint density at radius 2 is 1.12 bits per heavy atom. The van der Waals surface area contributed by atoms with Crippen LogP contribution >= 0.6 is 0 Å². The summed E-state index contributed by atoms with van der Waals surface area (Å²) in [6.07, 6.45) is -1.32. The number of alkyl carbamates (subject to hydrolysis) is 1. The van der Waals surface area contributed by atoms with Crippen LogP contribution in [0.3, 0.4) is 0 Å². The van der Waals surface area contributed by atoms with E-state index in [0.29, 0.717) is 17.5 Å². The van der Waals surface area contributed by atoms with Gasteiger partial charge in [-0.15, -0.1) is 0 Å². The molecule has 4 aromatic rings. The first-order chi connectivity index (χ1) is 23.7. The van der Waals surface area contributed by atoms with Gasteiger partial charge in [-0.05, 0) is 42.0 Å². The summed E-state index contributed by atoms with van der Waals surface area (Å²) in [6, 6.07) is 33.3. The lowest BCUT2D eigenvalue weighted by atomic mass is 9.91. The average molecular weight is 666 g/mol. The van der Waals surface area contributed by atoms with Gasteiger partial charge < -0.3 is 30.5 Å². The van der Waals surface area contributed by atoms with Crippen LogP contribution in [0.1, 0.15) is 48.6 Å². The number of carbonyl (C=O) groups excluding carboxylic acids is 3. The van der Waals surface area contributed by atoms with Gasteiger partial charge in [-0.2, -0.15) is 0 Å². The summed E-state index contributed by atoms with van der Waals surface area (Å²) in [5, 5.41) is 18.6. The van der Waals surface area contributed by atoms with E-state index in [1.165, 1.54) is 0 Å². The highest BCUT2D eigenvalue weighted by Gasteiger charge is 2.39. The zero-order chi connectivity index (χ0) is 35.0. The summed E-state index contributed by atoms with van der Waals surface area (Å²) < 4.78 is 11.4. The molecule has 4 aromatic carbocycles. The number of carboxylic acids is 1. The number of amides is 3. The lowest BCUT2D eigenvalue weighted by Crippen LogP contribution is -2.60. The fourth-order valence-corrected chi connectivity index (χ4v) is 5.36. The van der Waals surface area contributed by atoms with Crippen molar-refractivity contribution < 1.29 is 33.8 Å². The third-order valence-corrected chi connectivity index (χ3v) is 8.12. The highest BCUT2D eigenvalue weighted by Crippen LogP contribution is 2.19. The summed E-state index contributed by atoms with van der Waals surface area (Å²) in [7, 11) is 0. The maximum Gasteiger partial charge on any atom is 0.408 e. The molecule has 0 saturated carbocycles. The zero-order valence-electron chi connectivity index (χ0n) is 27.7. The second-order valence-electron chi connectivity index (χ2n) is 11.7. The number of aliphatic carboxylic acids is 1. The van der Waals surface area contributed by atoms with Crippen molar-refractivity contribution in [1.29, 1.82) is 0 Å². The van der Waals surface area contributed by atoms with E-state index in [4.69, 9.17) is 9.47 Å². The number of rotatable bonds is 17. The normalized spacial score (nSPS) is 13.9. The number of carbonyl (C=O) groups is 4. The van der Waals surface area contributed by atoms with Crippen LogP contribution in [0.5, 0.6) is 0 Å². The number of hydrogen-bond acceptors (Lipinski definition) is 6. The predicted molar refractivity (Wildman–Crippen MR) is 185 cm³/mol. The molecule has 0 aromatic heterocycles. The van der Waals surface area contributed by atoms with Gasteiger partial charge in [0.1, 0.15) is 18.7 Å². The number of ether oxygens (including phenoxy) is 2. The molecule has 49 heavy (non-hydrogen) atoms. The van der Waals surface area contributed by atoms with Gasteiger partial charge in [-0.1, -0.05) is 128 Å². The largest absolute Gasteiger partial charge is 0.481 e. The molecule has 5 atom stereocenters. The fourth-order valence-electron chi connectivity index (χ4n) is 5.36. The van der Waals surface area contributed by atoms with Gasteiger partial charge in [0.15, 0.2) is 0 Å². The average Bonchev–Trinajstić information content (AvgIpc) is 3.13.